The van der Waals surface area contributed by atoms with Crippen molar-refractivity contribution >= 4 is 12.9 Å². The van der Waals surface area contributed by atoms with Gasteiger partial charge < -0.3 is 0 Å². The summed E-state index contributed by atoms with van der Waals surface area (Å²) in [4.78, 5) is 6.93. The van der Waals surface area contributed by atoms with Crippen LogP contribution >= 0.6 is 0 Å². The van der Waals surface area contributed by atoms with Gasteiger partial charge in [0.05, 0.1) is 0 Å². The molecular weight excluding hydrogens is 195 g/mol. The normalized spacial score (nSPS) is 18.6. The molecule has 2 rings (SSSR count). The fraction of sp³-hybridized carbons (Fsp3) is 0.615. The smallest absolute Gasteiger partial charge is 0.174 e. The van der Waals surface area contributed by atoms with E-state index in [4.69, 9.17) is 0 Å². The highest BCUT2D eigenvalue weighted by Gasteiger charge is 2.15. The third kappa shape index (κ3) is 3.08. The first-order valence-electron chi connectivity index (χ1n) is 6.24. The predicted octanol–water partition coefficient (Wildman–Crippen LogP) is 1.69. The van der Waals surface area contributed by atoms with Gasteiger partial charge in [-0.15, -0.1) is 0 Å². The van der Waals surface area contributed by atoms with E-state index in [2.05, 4.69) is 28.9 Å². The maximum Gasteiger partial charge on any atom is 0.174 e. The van der Waals surface area contributed by atoms with Gasteiger partial charge in [-0.3, -0.25) is 9.88 Å². The zero-order valence-corrected chi connectivity index (χ0v) is 10.3. The highest BCUT2D eigenvalue weighted by Crippen LogP contribution is 2.17. The summed E-state index contributed by atoms with van der Waals surface area (Å²) in [7, 11) is 2.03. The van der Waals surface area contributed by atoms with Crippen LogP contribution in [0.2, 0.25) is 6.82 Å². The Kier molecular flexibility index (Phi) is 4.00. The molecule has 0 atom stereocenters. The van der Waals surface area contributed by atoms with Gasteiger partial charge in [-0.1, -0.05) is 25.9 Å². The van der Waals surface area contributed by atoms with Crippen molar-refractivity contribution in [2.75, 3.05) is 13.1 Å². The first kappa shape index (κ1) is 11.7. The van der Waals surface area contributed by atoms with E-state index < -0.39 is 0 Å². The number of pyridine rings is 1. The van der Waals surface area contributed by atoms with Crippen LogP contribution in [0.1, 0.15) is 25.3 Å². The molecule has 85 valence electrons. The van der Waals surface area contributed by atoms with Crippen LogP contribution in [0.4, 0.5) is 0 Å². The Morgan fingerprint density at radius 1 is 1.38 bits per heavy atom. The van der Waals surface area contributed by atoms with Gasteiger partial charge in [0, 0.05) is 12.7 Å². The molecule has 0 N–H and O–H groups in total. The van der Waals surface area contributed by atoms with Gasteiger partial charge in [0.25, 0.3) is 0 Å². The van der Waals surface area contributed by atoms with Crippen molar-refractivity contribution in [3.05, 3.63) is 23.9 Å². The lowest BCUT2D eigenvalue weighted by Crippen LogP contribution is -2.32. The molecule has 1 aliphatic heterocycles. The van der Waals surface area contributed by atoms with E-state index in [-0.39, 0.29) is 0 Å². The van der Waals surface area contributed by atoms with E-state index >= 15 is 0 Å². The quantitative estimate of drug-likeness (QED) is 0.713. The van der Waals surface area contributed by atoms with E-state index in [0.717, 1.165) is 18.1 Å². The van der Waals surface area contributed by atoms with Crippen LogP contribution in [-0.2, 0) is 6.54 Å². The van der Waals surface area contributed by atoms with Crippen LogP contribution in [0.5, 0.6) is 0 Å². The number of likely N-dealkylation sites (tertiary alicyclic amines) is 1. The molecule has 0 unspecified atom stereocenters. The second kappa shape index (κ2) is 5.49. The van der Waals surface area contributed by atoms with Gasteiger partial charge in [0.15, 0.2) is 7.28 Å². The number of nitrogens with zero attached hydrogens (tertiary/aromatic N) is 2. The second-order valence-electron chi connectivity index (χ2n) is 4.84. The van der Waals surface area contributed by atoms with E-state index in [0.29, 0.717) is 0 Å². The van der Waals surface area contributed by atoms with Gasteiger partial charge in [0.2, 0.25) is 0 Å². The van der Waals surface area contributed by atoms with Crippen LogP contribution in [0.25, 0.3) is 0 Å². The van der Waals surface area contributed by atoms with E-state index in [9.17, 15) is 0 Å². The highest BCUT2D eigenvalue weighted by atomic mass is 15.1. The summed E-state index contributed by atoms with van der Waals surface area (Å²) in [6.45, 7) is 7.91. The Morgan fingerprint density at radius 3 is 2.69 bits per heavy atom. The summed E-state index contributed by atoms with van der Waals surface area (Å²) in [5, 5.41) is 0. The SMILES string of the molecule is C[B]c1ccc(CN2CCC(C)CC2)cn1. The highest BCUT2D eigenvalue weighted by molar-refractivity contribution is 6.50. The molecule has 1 aromatic heterocycles. The van der Waals surface area contributed by atoms with Crippen LogP contribution in [0.3, 0.4) is 0 Å². The van der Waals surface area contributed by atoms with Gasteiger partial charge in [-0.05, 0) is 43.0 Å². The molecule has 1 aliphatic rings. The minimum Gasteiger partial charge on any atom is -0.299 e. The molecule has 0 saturated carbocycles. The molecule has 2 nitrogen and oxygen atoms in total. The maximum atomic E-state index is 4.40. The first-order valence-corrected chi connectivity index (χ1v) is 6.24. The van der Waals surface area contributed by atoms with E-state index in [1.807, 2.05) is 20.3 Å². The van der Waals surface area contributed by atoms with Gasteiger partial charge in [-0.25, -0.2) is 0 Å². The minimum absolute atomic E-state index is 0.909. The molecule has 3 heteroatoms. The average molecular weight is 215 g/mol. The molecule has 0 aromatic carbocycles. The lowest BCUT2D eigenvalue weighted by Gasteiger charge is -2.30. The molecule has 0 amide bonds. The molecule has 0 aliphatic carbocycles. The summed E-state index contributed by atoms with van der Waals surface area (Å²) in [6.07, 6.45) is 4.69. The summed E-state index contributed by atoms with van der Waals surface area (Å²) in [5.74, 6) is 0.909. The van der Waals surface area contributed by atoms with Crippen molar-refractivity contribution in [3.63, 3.8) is 0 Å². The molecule has 1 radical (unpaired) electrons. The van der Waals surface area contributed by atoms with Crippen molar-refractivity contribution in [2.24, 2.45) is 5.92 Å². The number of rotatable bonds is 3. The Bertz CT molecular complexity index is 315. The fourth-order valence-electron chi connectivity index (χ4n) is 2.18. The summed E-state index contributed by atoms with van der Waals surface area (Å²) in [6, 6.07) is 4.29. The monoisotopic (exact) mass is 215 g/mol. The van der Waals surface area contributed by atoms with E-state index in [1.54, 1.807) is 0 Å². The van der Waals surface area contributed by atoms with Crippen LogP contribution in [0, 0.1) is 5.92 Å². The lowest BCUT2D eigenvalue weighted by atomic mass is 9.77. The Balaban J connectivity index is 1.88. The van der Waals surface area contributed by atoms with Crippen molar-refractivity contribution < 1.29 is 0 Å². The van der Waals surface area contributed by atoms with Crippen molar-refractivity contribution in [1.82, 2.24) is 9.88 Å². The molecule has 1 fully saturated rings. The van der Waals surface area contributed by atoms with Crippen molar-refractivity contribution in [2.45, 2.75) is 33.1 Å². The summed E-state index contributed by atoms with van der Waals surface area (Å²) >= 11 is 0. The minimum atomic E-state index is 0.909. The molecule has 2 heterocycles. The molecular formula is C13H20BN2. The molecule has 16 heavy (non-hydrogen) atoms. The molecule has 0 bridgehead atoms. The number of aromatic nitrogens is 1. The van der Waals surface area contributed by atoms with Crippen LogP contribution in [-0.4, -0.2) is 30.3 Å². The average Bonchev–Trinajstić information content (AvgIpc) is 2.33. The van der Waals surface area contributed by atoms with Gasteiger partial charge >= 0.3 is 0 Å². The number of hydrogen-bond donors (Lipinski definition) is 0. The zero-order chi connectivity index (χ0) is 11.4. The fourth-order valence-corrected chi connectivity index (χ4v) is 2.18. The Labute approximate surface area is 99.3 Å². The van der Waals surface area contributed by atoms with E-state index in [1.165, 1.54) is 31.5 Å². The summed E-state index contributed by atoms with van der Waals surface area (Å²) in [5.41, 5.74) is 2.40. The first-order chi connectivity index (χ1) is 7.78. The lowest BCUT2D eigenvalue weighted by molar-refractivity contribution is 0.185. The van der Waals surface area contributed by atoms with Crippen LogP contribution in [0.15, 0.2) is 18.3 Å². The third-order valence-electron chi connectivity index (χ3n) is 3.43. The molecule has 0 spiro atoms. The van der Waals surface area contributed by atoms with Crippen molar-refractivity contribution in [1.29, 1.82) is 0 Å². The zero-order valence-electron chi connectivity index (χ0n) is 10.3. The second-order valence-corrected chi connectivity index (χ2v) is 4.84. The topological polar surface area (TPSA) is 16.1 Å². The maximum absolute atomic E-state index is 4.40. The van der Waals surface area contributed by atoms with Gasteiger partial charge in [0.1, 0.15) is 0 Å². The molecule has 1 saturated heterocycles. The third-order valence-corrected chi connectivity index (χ3v) is 3.43. The predicted molar refractivity (Wildman–Crippen MR) is 69.2 cm³/mol. The van der Waals surface area contributed by atoms with Crippen molar-refractivity contribution in [3.8, 4) is 0 Å². The van der Waals surface area contributed by atoms with Gasteiger partial charge in [-0.2, -0.15) is 0 Å². The largest absolute Gasteiger partial charge is 0.299 e. The standard InChI is InChI=1S/C13H20BN2/c1-11-5-7-16(8-6-11)10-12-3-4-13(14-2)15-9-12/h3-4,9,11H,5-8,10H2,1-2H3. The van der Waals surface area contributed by atoms with Crippen LogP contribution < -0.4 is 5.59 Å². The Hall–Kier alpha value is -0.825. The summed E-state index contributed by atoms with van der Waals surface area (Å²) < 4.78 is 0. The number of hydrogen-bond acceptors (Lipinski definition) is 2. The number of piperidine rings is 1. The molecule has 1 aromatic rings. The Morgan fingerprint density at radius 2 is 2.12 bits per heavy atom.